The van der Waals surface area contributed by atoms with Crippen LogP contribution in [0.5, 0.6) is 0 Å². The van der Waals surface area contributed by atoms with Gasteiger partial charge >= 0.3 is 0 Å². The number of nitrogens with zero attached hydrogens (tertiary/aromatic N) is 1. The normalized spacial score (nSPS) is 10.4. The minimum absolute atomic E-state index is 0.224. The SMILES string of the molecule is NCc1ccc(Nc2c(F)cc(Br)cc2Cl)cn1. The fourth-order valence-electron chi connectivity index (χ4n) is 1.43. The lowest BCUT2D eigenvalue weighted by atomic mass is 10.2. The minimum Gasteiger partial charge on any atom is -0.351 e. The van der Waals surface area contributed by atoms with Crippen LogP contribution >= 0.6 is 27.5 Å². The molecule has 0 amide bonds. The summed E-state index contributed by atoms with van der Waals surface area (Å²) in [6.07, 6.45) is 1.58. The van der Waals surface area contributed by atoms with Crippen LogP contribution in [0.4, 0.5) is 15.8 Å². The molecule has 1 heterocycles. The van der Waals surface area contributed by atoms with Gasteiger partial charge in [0.05, 0.1) is 28.3 Å². The van der Waals surface area contributed by atoms with Gasteiger partial charge in [-0.15, -0.1) is 0 Å². The molecule has 0 aliphatic rings. The number of aromatic nitrogens is 1. The molecule has 2 aromatic rings. The lowest BCUT2D eigenvalue weighted by molar-refractivity contribution is 0.631. The molecule has 0 radical (unpaired) electrons. The quantitative estimate of drug-likeness (QED) is 0.899. The number of hydrogen-bond donors (Lipinski definition) is 2. The average Bonchev–Trinajstić information content (AvgIpc) is 2.34. The Morgan fingerprint density at radius 1 is 1.39 bits per heavy atom. The number of rotatable bonds is 3. The van der Waals surface area contributed by atoms with Crippen LogP contribution in [0.1, 0.15) is 5.69 Å². The molecule has 0 aliphatic carbocycles. The summed E-state index contributed by atoms with van der Waals surface area (Å²) in [6, 6.07) is 6.50. The molecular formula is C12H10BrClFN3. The standard InChI is InChI=1S/C12H10BrClFN3/c13-7-3-10(14)12(11(15)4-7)18-9-2-1-8(5-16)17-6-9/h1-4,6,18H,5,16H2. The summed E-state index contributed by atoms with van der Waals surface area (Å²) >= 11 is 9.14. The zero-order valence-corrected chi connectivity index (χ0v) is 11.6. The van der Waals surface area contributed by atoms with Crippen LogP contribution < -0.4 is 11.1 Å². The number of nitrogens with one attached hydrogen (secondary N) is 1. The number of anilines is 2. The lowest BCUT2D eigenvalue weighted by Gasteiger charge is -2.10. The fraction of sp³-hybridized carbons (Fsp3) is 0.0833. The molecule has 18 heavy (non-hydrogen) atoms. The van der Waals surface area contributed by atoms with Crippen molar-refractivity contribution in [3.8, 4) is 0 Å². The van der Waals surface area contributed by atoms with E-state index >= 15 is 0 Å². The number of nitrogens with two attached hydrogens (primary N) is 1. The fourth-order valence-corrected chi connectivity index (χ4v) is 2.24. The maximum absolute atomic E-state index is 13.7. The van der Waals surface area contributed by atoms with Crippen molar-refractivity contribution in [2.24, 2.45) is 5.73 Å². The molecular weight excluding hydrogens is 321 g/mol. The van der Waals surface area contributed by atoms with Crippen molar-refractivity contribution in [1.29, 1.82) is 0 Å². The van der Waals surface area contributed by atoms with Crippen molar-refractivity contribution in [1.82, 2.24) is 4.98 Å². The monoisotopic (exact) mass is 329 g/mol. The third kappa shape index (κ3) is 2.98. The van der Waals surface area contributed by atoms with E-state index in [1.165, 1.54) is 6.07 Å². The first-order valence-corrected chi connectivity index (χ1v) is 6.34. The second-order valence-electron chi connectivity index (χ2n) is 3.61. The summed E-state index contributed by atoms with van der Waals surface area (Å²) in [6.45, 7) is 0.369. The highest BCUT2D eigenvalue weighted by Crippen LogP contribution is 2.31. The van der Waals surface area contributed by atoms with Crippen molar-refractivity contribution < 1.29 is 4.39 Å². The summed E-state index contributed by atoms with van der Waals surface area (Å²) < 4.78 is 14.3. The average molecular weight is 331 g/mol. The molecule has 0 saturated heterocycles. The highest BCUT2D eigenvalue weighted by Gasteiger charge is 2.09. The van der Waals surface area contributed by atoms with Crippen LogP contribution in [-0.2, 0) is 6.54 Å². The highest BCUT2D eigenvalue weighted by atomic mass is 79.9. The van der Waals surface area contributed by atoms with E-state index in [1.54, 1.807) is 24.4 Å². The Morgan fingerprint density at radius 3 is 2.72 bits per heavy atom. The van der Waals surface area contributed by atoms with Gasteiger partial charge in [0, 0.05) is 11.0 Å². The first kappa shape index (κ1) is 13.3. The molecule has 1 aromatic heterocycles. The van der Waals surface area contributed by atoms with E-state index < -0.39 is 5.82 Å². The molecule has 0 bridgehead atoms. The maximum atomic E-state index is 13.7. The minimum atomic E-state index is -0.433. The molecule has 94 valence electrons. The molecule has 0 aliphatic heterocycles. The van der Waals surface area contributed by atoms with Gasteiger partial charge in [-0.25, -0.2) is 4.39 Å². The summed E-state index contributed by atoms with van der Waals surface area (Å²) in [5, 5.41) is 3.18. The summed E-state index contributed by atoms with van der Waals surface area (Å²) in [4.78, 5) is 4.11. The molecule has 3 nitrogen and oxygen atoms in total. The molecule has 0 unspecified atom stereocenters. The molecule has 1 aromatic carbocycles. The van der Waals surface area contributed by atoms with E-state index in [-0.39, 0.29) is 5.69 Å². The third-order valence-corrected chi connectivity index (χ3v) is 3.07. The Labute approximate surface area is 117 Å². The maximum Gasteiger partial charge on any atom is 0.149 e. The molecule has 0 spiro atoms. The van der Waals surface area contributed by atoms with Crippen molar-refractivity contribution >= 4 is 38.9 Å². The van der Waals surface area contributed by atoms with Crippen molar-refractivity contribution in [3.05, 3.63) is 51.5 Å². The van der Waals surface area contributed by atoms with Gasteiger partial charge in [-0.3, -0.25) is 4.98 Å². The number of halogens is 3. The Bertz CT molecular complexity index is 537. The highest BCUT2D eigenvalue weighted by molar-refractivity contribution is 9.10. The van der Waals surface area contributed by atoms with Crippen LogP contribution in [0, 0.1) is 5.82 Å². The van der Waals surface area contributed by atoms with Crippen molar-refractivity contribution in [3.63, 3.8) is 0 Å². The largest absolute Gasteiger partial charge is 0.351 e. The van der Waals surface area contributed by atoms with E-state index in [4.69, 9.17) is 17.3 Å². The Hall–Kier alpha value is -1.17. The summed E-state index contributed by atoms with van der Waals surface area (Å²) in [5.74, 6) is -0.433. The second kappa shape index (κ2) is 5.65. The first-order valence-electron chi connectivity index (χ1n) is 5.16. The predicted molar refractivity (Wildman–Crippen MR) is 74.5 cm³/mol. The summed E-state index contributed by atoms with van der Waals surface area (Å²) in [7, 11) is 0. The van der Waals surface area contributed by atoms with Crippen LogP contribution in [0.2, 0.25) is 5.02 Å². The first-order chi connectivity index (χ1) is 8.60. The van der Waals surface area contributed by atoms with E-state index in [1.807, 2.05) is 0 Å². The molecule has 2 rings (SSSR count). The van der Waals surface area contributed by atoms with Gasteiger partial charge in [0.15, 0.2) is 0 Å². The molecule has 0 fully saturated rings. The number of pyridine rings is 1. The molecule has 3 N–H and O–H groups in total. The number of hydrogen-bond acceptors (Lipinski definition) is 3. The Kier molecular flexibility index (Phi) is 4.16. The van der Waals surface area contributed by atoms with Gasteiger partial charge in [0.1, 0.15) is 5.82 Å². The van der Waals surface area contributed by atoms with E-state index in [0.717, 1.165) is 5.69 Å². The second-order valence-corrected chi connectivity index (χ2v) is 4.93. The molecule has 6 heteroatoms. The smallest absolute Gasteiger partial charge is 0.149 e. The van der Waals surface area contributed by atoms with Gasteiger partial charge in [-0.2, -0.15) is 0 Å². The Balaban J connectivity index is 2.28. The van der Waals surface area contributed by atoms with Gasteiger partial charge in [0.2, 0.25) is 0 Å². The zero-order valence-electron chi connectivity index (χ0n) is 9.25. The van der Waals surface area contributed by atoms with Gasteiger partial charge in [-0.05, 0) is 24.3 Å². The molecule has 0 atom stereocenters. The van der Waals surface area contributed by atoms with Crippen molar-refractivity contribution in [2.45, 2.75) is 6.54 Å². The van der Waals surface area contributed by atoms with Gasteiger partial charge < -0.3 is 11.1 Å². The van der Waals surface area contributed by atoms with E-state index in [0.29, 0.717) is 21.7 Å². The third-order valence-electron chi connectivity index (χ3n) is 2.31. The van der Waals surface area contributed by atoms with Crippen LogP contribution in [-0.4, -0.2) is 4.98 Å². The number of benzene rings is 1. The van der Waals surface area contributed by atoms with Crippen molar-refractivity contribution in [2.75, 3.05) is 5.32 Å². The van der Waals surface area contributed by atoms with Gasteiger partial charge in [0.25, 0.3) is 0 Å². The summed E-state index contributed by atoms with van der Waals surface area (Å²) in [5.41, 5.74) is 7.09. The van der Waals surface area contributed by atoms with E-state index in [9.17, 15) is 4.39 Å². The molecule has 0 saturated carbocycles. The van der Waals surface area contributed by atoms with Gasteiger partial charge in [-0.1, -0.05) is 27.5 Å². The van der Waals surface area contributed by atoms with Crippen LogP contribution in [0.25, 0.3) is 0 Å². The van der Waals surface area contributed by atoms with Crippen LogP contribution in [0.15, 0.2) is 34.9 Å². The van der Waals surface area contributed by atoms with E-state index in [2.05, 4.69) is 26.2 Å². The Morgan fingerprint density at radius 2 is 2.17 bits per heavy atom. The predicted octanol–water partition coefficient (Wildman–Crippen LogP) is 3.84. The lowest BCUT2D eigenvalue weighted by Crippen LogP contribution is -2.00. The van der Waals surface area contributed by atoms with Crippen LogP contribution in [0.3, 0.4) is 0 Å². The zero-order chi connectivity index (χ0) is 13.1. The topological polar surface area (TPSA) is 50.9 Å².